The minimum absolute atomic E-state index is 0.0417. The average molecular weight is 418 g/mol. The number of carbonyl (C=O) groups is 1. The summed E-state index contributed by atoms with van der Waals surface area (Å²) in [5, 5.41) is 2.66. The van der Waals surface area contributed by atoms with Crippen molar-refractivity contribution < 1.29 is 22.7 Å². The van der Waals surface area contributed by atoms with E-state index in [2.05, 4.69) is 10.3 Å². The highest BCUT2D eigenvalue weighted by Crippen LogP contribution is 2.35. The molecule has 6 nitrogen and oxygen atoms in total. The number of carbonyl (C=O) groups excluding carboxylic acids is 1. The molecule has 30 heavy (non-hydrogen) atoms. The second-order valence-corrected chi connectivity index (χ2v) is 7.21. The maximum Gasteiger partial charge on any atom is 0.416 e. The van der Waals surface area contributed by atoms with E-state index in [-0.39, 0.29) is 12.1 Å². The number of aryl methyl sites for hydroxylation is 1. The fraction of sp³-hybridized carbons (Fsp3) is 0.333. The third-order valence-electron chi connectivity index (χ3n) is 5.02. The van der Waals surface area contributed by atoms with Crippen molar-refractivity contribution in [2.45, 2.75) is 19.5 Å². The van der Waals surface area contributed by atoms with Gasteiger partial charge in [0.1, 0.15) is 5.65 Å². The number of alkyl halides is 3. The van der Waals surface area contributed by atoms with Crippen LogP contribution in [0, 0.1) is 6.92 Å². The SMILES string of the molecule is Cc1cccn2cc(CC(=O)Nc3cc(C(F)(F)F)ccc3N3CCOCC3)nc12. The number of anilines is 2. The van der Waals surface area contributed by atoms with Crippen LogP contribution in [0.4, 0.5) is 24.5 Å². The maximum absolute atomic E-state index is 13.2. The summed E-state index contributed by atoms with van der Waals surface area (Å²) in [5.74, 6) is -0.426. The minimum atomic E-state index is -4.50. The molecule has 1 amide bonds. The third kappa shape index (κ3) is 4.25. The number of pyridine rings is 1. The predicted octanol–water partition coefficient (Wildman–Crippen LogP) is 3.68. The van der Waals surface area contributed by atoms with E-state index in [1.165, 1.54) is 6.07 Å². The summed E-state index contributed by atoms with van der Waals surface area (Å²) < 4.78 is 46.8. The number of aromatic nitrogens is 2. The number of benzene rings is 1. The van der Waals surface area contributed by atoms with E-state index < -0.39 is 17.6 Å². The van der Waals surface area contributed by atoms with E-state index in [1.54, 1.807) is 6.20 Å². The van der Waals surface area contributed by atoms with Crippen molar-refractivity contribution in [1.82, 2.24) is 9.38 Å². The standard InChI is InChI=1S/C21H21F3N4O2/c1-14-3-2-6-28-13-16(25-20(14)28)12-19(29)26-17-11-15(21(22,23)24)4-5-18(17)27-7-9-30-10-8-27/h2-6,11,13H,7-10,12H2,1H3,(H,26,29). The summed E-state index contributed by atoms with van der Waals surface area (Å²) in [6.07, 6.45) is -0.959. The minimum Gasteiger partial charge on any atom is -0.378 e. The molecule has 1 aromatic carbocycles. The molecule has 0 atom stereocenters. The molecule has 1 saturated heterocycles. The highest BCUT2D eigenvalue weighted by molar-refractivity contribution is 5.95. The first-order valence-electron chi connectivity index (χ1n) is 9.58. The Hall–Kier alpha value is -3.07. The van der Waals surface area contributed by atoms with Gasteiger partial charge >= 0.3 is 6.18 Å². The van der Waals surface area contributed by atoms with Crippen LogP contribution in [0.15, 0.2) is 42.7 Å². The van der Waals surface area contributed by atoms with Gasteiger partial charge in [-0.3, -0.25) is 4.79 Å². The summed E-state index contributed by atoms with van der Waals surface area (Å²) in [6.45, 7) is 3.97. The Morgan fingerprint density at radius 2 is 2.00 bits per heavy atom. The Balaban J connectivity index is 1.59. The molecule has 0 saturated carbocycles. The molecule has 158 valence electrons. The fourth-order valence-electron chi connectivity index (χ4n) is 3.54. The van der Waals surface area contributed by atoms with Crippen molar-refractivity contribution in [3.63, 3.8) is 0 Å². The smallest absolute Gasteiger partial charge is 0.378 e. The largest absolute Gasteiger partial charge is 0.416 e. The molecule has 0 radical (unpaired) electrons. The van der Waals surface area contributed by atoms with Gasteiger partial charge in [-0.05, 0) is 36.8 Å². The van der Waals surface area contributed by atoms with E-state index >= 15 is 0 Å². The number of halogens is 3. The van der Waals surface area contributed by atoms with Crippen molar-refractivity contribution in [3.8, 4) is 0 Å². The Kier molecular flexibility index (Phi) is 5.38. The zero-order chi connectivity index (χ0) is 21.3. The summed E-state index contributed by atoms with van der Waals surface area (Å²) in [6, 6.07) is 7.22. The number of ether oxygens (including phenoxy) is 1. The first-order valence-corrected chi connectivity index (χ1v) is 9.58. The number of hydrogen-bond donors (Lipinski definition) is 1. The topological polar surface area (TPSA) is 58.9 Å². The van der Waals surface area contributed by atoms with Crippen LogP contribution >= 0.6 is 0 Å². The number of amides is 1. The molecule has 0 spiro atoms. The maximum atomic E-state index is 13.2. The number of rotatable bonds is 4. The number of morpholine rings is 1. The van der Waals surface area contributed by atoms with Crippen LogP contribution in [0.3, 0.4) is 0 Å². The molecule has 1 aliphatic heterocycles. The summed E-state index contributed by atoms with van der Waals surface area (Å²) >= 11 is 0. The lowest BCUT2D eigenvalue weighted by molar-refractivity contribution is -0.137. The Morgan fingerprint density at radius 3 is 2.70 bits per heavy atom. The molecule has 3 heterocycles. The highest BCUT2D eigenvalue weighted by Gasteiger charge is 2.32. The summed E-state index contributed by atoms with van der Waals surface area (Å²) in [7, 11) is 0. The van der Waals surface area contributed by atoms with E-state index in [0.717, 1.165) is 23.3 Å². The highest BCUT2D eigenvalue weighted by atomic mass is 19.4. The normalized spacial score (nSPS) is 14.9. The van der Waals surface area contributed by atoms with Gasteiger partial charge in [0.15, 0.2) is 0 Å². The van der Waals surface area contributed by atoms with Crippen molar-refractivity contribution in [1.29, 1.82) is 0 Å². The predicted molar refractivity (Wildman–Crippen MR) is 107 cm³/mol. The van der Waals surface area contributed by atoms with Crippen molar-refractivity contribution in [2.75, 3.05) is 36.5 Å². The monoisotopic (exact) mass is 418 g/mol. The van der Waals surface area contributed by atoms with Gasteiger partial charge in [-0.2, -0.15) is 13.2 Å². The number of nitrogens with one attached hydrogen (secondary N) is 1. The van der Waals surface area contributed by atoms with Crippen LogP contribution in [-0.4, -0.2) is 41.6 Å². The lowest BCUT2D eigenvalue weighted by Crippen LogP contribution is -2.37. The number of hydrogen-bond acceptors (Lipinski definition) is 4. The Bertz CT molecular complexity index is 1070. The van der Waals surface area contributed by atoms with Crippen LogP contribution < -0.4 is 10.2 Å². The van der Waals surface area contributed by atoms with Crippen LogP contribution in [0.1, 0.15) is 16.8 Å². The van der Waals surface area contributed by atoms with Crippen LogP contribution in [-0.2, 0) is 22.1 Å². The zero-order valence-corrected chi connectivity index (χ0v) is 16.4. The van der Waals surface area contributed by atoms with Crippen LogP contribution in [0.25, 0.3) is 5.65 Å². The molecule has 1 aliphatic rings. The number of imidazole rings is 1. The second-order valence-electron chi connectivity index (χ2n) is 7.21. The first kappa shape index (κ1) is 20.2. The van der Waals surface area contributed by atoms with Gasteiger partial charge in [0, 0.05) is 25.5 Å². The quantitative estimate of drug-likeness (QED) is 0.702. The number of fused-ring (bicyclic) bond motifs is 1. The molecule has 4 rings (SSSR count). The van der Waals surface area contributed by atoms with Crippen molar-refractivity contribution in [2.24, 2.45) is 0 Å². The molecule has 0 unspecified atom stereocenters. The average Bonchev–Trinajstić information content (AvgIpc) is 3.11. The lowest BCUT2D eigenvalue weighted by atomic mass is 10.1. The molecule has 1 N–H and O–H groups in total. The molecular weight excluding hydrogens is 397 g/mol. The molecule has 0 bridgehead atoms. The first-order chi connectivity index (χ1) is 14.3. The molecule has 0 aliphatic carbocycles. The second kappa shape index (κ2) is 7.98. The van der Waals surface area contributed by atoms with Gasteiger partial charge in [-0.1, -0.05) is 6.07 Å². The number of nitrogens with zero attached hydrogens (tertiary/aromatic N) is 3. The zero-order valence-electron chi connectivity index (χ0n) is 16.4. The summed E-state index contributed by atoms with van der Waals surface area (Å²) in [5.41, 5.74) is 2.13. The molecule has 2 aromatic heterocycles. The Morgan fingerprint density at radius 1 is 1.23 bits per heavy atom. The van der Waals surface area contributed by atoms with Crippen LogP contribution in [0.2, 0.25) is 0 Å². The van der Waals surface area contributed by atoms with Gasteiger partial charge in [0.05, 0.1) is 42.3 Å². The molecule has 1 fully saturated rings. The van der Waals surface area contributed by atoms with Crippen LogP contribution in [0.5, 0.6) is 0 Å². The molecule has 9 heteroatoms. The van der Waals surface area contributed by atoms with E-state index in [4.69, 9.17) is 4.74 Å². The van der Waals surface area contributed by atoms with E-state index in [0.29, 0.717) is 37.7 Å². The lowest BCUT2D eigenvalue weighted by Gasteiger charge is -2.31. The third-order valence-corrected chi connectivity index (χ3v) is 5.02. The fourth-order valence-corrected chi connectivity index (χ4v) is 3.54. The van der Waals surface area contributed by atoms with E-state index in [1.807, 2.05) is 34.6 Å². The Labute approximate surface area is 171 Å². The molecule has 3 aromatic rings. The molecular formula is C21H21F3N4O2. The summed E-state index contributed by atoms with van der Waals surface area (Å²) in [4.78, 5) is 19.0. The van der Waals surface area contributed by atoms with Gasteiger partial charge in [0.25, 0.3) is 0 Å². The van der Waals surface area contributed by atoms with Gasteiger partial charge < -0.3 is 19.4 Å². The van der Waals surface area contributed by atoms with Gasteiger partial charge in [-0.15, -0.1) is 0 Å². The van der Waals surface area contributed by atoms with Crippen molar-refractivity contribution >= 4 is 22.9 Å². The van der Waals surface area contributed by atoms with Gasteiger partial charge in [-0.25, -0.2) is 4.98 Å². The van der Waals surface area contributed by atoms with Crippen molar-refractivity contribution in [3.05, 3.63) is 59.5 Å². The van der Waals surface area contributed by atoms with Gasteiger partial charge in [0.2, 0.25) is 5.91 Å². The van der Waals surface area contributed by atoms with E-state index in [9.17, 15) is 18.0 Å².